The molecule has 0 N–H and O–H groups in total. The molecular weight excluding hydrogens is 314 g/mol. The predicted molar refractivity (Wildman–Crippen MR) is 76.4 cm³/mol. The molecule has 21 heavy (non-hydrogen) atoms. The molecule has 0 unspecified atom stereocenters. The Hall–Kier alpha value is -1.16. The van der Waals surface area contributed by atoms with Crippen molar-refractivity contribution < 1.29 is 13.2 Å². The number of hydrogen-bond acceptors (Lipinski definition) is 7. The first kappa shape index (κ1) is 14.8. The summed E-state index contributed by atoms with van der Waals surface area (Å²) in [6.07, 6.45) is 2.50. The lowest BCUT2D eigenvalue weighted by Gasteiger charge is -2.28. The third-order valence-electron chi connectivity index (χ3n) is 3.74. The number of aromatic nitrogens is 4. The van der Waals surface area contributed by atoms with E-state index in [1.807, 2.05) is 0 Å². The Balaban J connectivity index is 1.64. The zero-order valence-electron chi connectivity index (χ0n) is 11.7. The summed E-state index contributed by atoms with van der Waals surface area (Å²) >= 11 is 1.28. The van der Waals surface area contributed by atoms with E-state index in [1.165, 1.54) is 16.4 Å². The van der Waals surface area contributed by atoms with Crippen molar-refractivity contribution >= 4 is 27.5 Å². The minimum absolute atomic E-state index is 0.0207. The number of carbonyl (C=O) groups excluding carboxylic acids is 1. The van der Waals surface area contributed by atoms with Gasteiger partial charge in [-0.2, -0.15) is 0 Å². The Kier molecular flexibility index (Phi) is 3.91. The smallest absolute Gasteiger partial charge is 0.233 e. The molecule has 1 amide bonds. The van der Waals surface area contributed by atoms with Gasteiger partial charge in [0.15, 0.2) is 9.84 Å². The highest BCUT2D eigenvalue weighted by atomic mass is 32.2. The van der Waals surface area contributed by atoms with E-state index in [4.69, 9.17) is 0 Å². The average Bonchev–Trinajstić information content (AvgIpc) is 3.06. The van der Waals surface area contributed by atoms with Gasteiger partial charge in [0.2, 0.25) is 11.1 Å². The Labute approximate surface area is 127 Å². The van der Waals surface area contributed by atoms with E-state index in [0.717, 1.165) is 12.8 Å². The molecule has 1 aliphatic carbocycles. The van der Waals surface area contributed by atoms with E-state index < -0.39 is 9.84 Å². The molecule has 2 fully saturated rings. The summed E-state index contributed by atoms with van der Waals surface area (Å²) in [7, 11) is -1.26. The van der Waals surface area contributed by atoms with Crippen molar-refractivity contribution in [2.45, 2.75) is 36.5 Å². The summed E-state index contributed by atoms with van der Waals surface area (Å²) in [4.78, 5) is 14.3. The van der Waals surface area contributed by atoms with Crippen LogP contribution in [0.4, 0.5) is 0 Å². The minimum Gasteiger partial charge on any atom is -0.335 e. The van der Waals surface area contributed by atoms with E-state index in [-0.39, 0.29) is 35.2 Å². The first-order chi connectivity index (χ1) is 9.96. The molecule has 1 aromatic heterocycles. The van der Waals surface area contributed by atoms with Crippen LogP contribution in [0.2, 0.25) is 0 Å². The van der Waals surface area contributed by atoms with Crippen molar-refractivity contribution in [2.75, 3.05) is 17.3 Å². The minimum atomic E-state index is -2.98. The van der Waals surface area contributed by atoms with Crippen LogP contribution in [0, 0.1) is 0 Å². The van der Waals surface area contributed by atoms with Gasteiger partial charge >= 0.3 is 0 Å². The van der Waals surface area contributed by atoms with Gasteiger partial charge in [0.1, 0.15) is 0 Å². The monoisotopic (exact) mass is 331 g/mol. The van der Waals surface area contributed by atoms with Gasteiger partial charge in [0, 0.05) is 19.1 Å². The molecule has 0 aromatic carbocycles. The Bertz CT molecular complexity index is 640. The maximum absolute atomic E-state index is 12.5. The summed E-state index contributed by atoms with van der Waals surface area (Å²) in [6, 6.07) is 0.0576. The standard InChI is InChI=1S/C11H17N5O3S2/c1-15-11(12-13-14-15)20-6-10(17)16(8-2-3-8)9-4-5-21(18,19)7-9/h8-9H,2-7H2,1H3/t9-/m0/s1. The number of nitrogens with zero attached hydrogens (tertiary/aromatic N) is 5. The number of carbonyl (C=O) groups is 1. The summed E-state index contributed by atoms with van der Waals surface area (Å²) in [6.45, 7) is 0. The van der Waals surface area contributed by atoms with Crippen LogP contribution < -0.4 is 0 Å². The fourth-order valence-corrected chi connectivity index (χ4v) is 5.03. The number of thioether (sulfide) groups is 1. The normalized spacial score (nSPS) is 24.1. The van der Waals surface area contributed by atoms with Crippen LogP contribution in [0.25, 0.3) is 0 Å². The first-order valence-electron chi connectivity index (χ1n) is 6.83. The fourth-order valence-electron chi connectivity index (χ4n) is 2.60. The topological polar surface area (TPSA) is 98.1 Å². The van der Waals surface area contributed by atoms with Gasteiger partial charge in [-0.3, -0.25) is 4.79 Å². The number of tetrazole rings is 1. The van der Waals surface area contributed by atoms with E-state index >= 15 is 0 Å². The maximum Gasteiger partial charge on any atom is 0.233 e. The number of aryl methyl sites for hydroxylation is 1. The molecule has 1 aromatic rings. The van der Waals surface area contributed by atoms with Gasteiger partial charge in [-0.25, -0.2) is 13.1 Å². The van der Waals surface area contributed by atoms with Gasteiger partial charge < -0.3 is 4.90 Å². The maximum atomic E-state index is 12.5. The summed E-state index contributed by atoms with van der Waals surface area (Å²) in [5, 5.41) is 11.6. The second-order valence-electron chi connectivity index (χ2n) is 5.46. The van der Waals surface area contributed by atoms with E-state index in [1.54, 1.807) is 11.9 Å². The van der Waals surface area contributed by atoms with Crippen LogP contribution in [-0.2, 0) is 21.7 Å². The number of sulfone groups is 1. The Morgan fingerprint density at radius 3 is 2.67 bits per heavy atom. The lowest BCUT2D eigenvalue weighted by molar-refractivity contribution is -0.130. The molecule has 2 heterocycles. The highest BCUT2D eigenvalue weighted by molar-refractivity contribution is 7.99. The van der Waals surface area contributed by atoms with Gasteiger partial charge in [0.25, 0.3) is 0 Å². The van der Waals surface area contributed by atoms with Crippen LogP contribution in [-0.4, -0.2) is 68.8 Å². The first-order valence-corrected chi connectivity index (χ1v) is 9.64. The summed E-state index contributed by atoms with van der Waals surface area (Å²) < 4.78 is 24.8. The average molecular weight is 331 g/mol. The SMILES string of the molecule is Cn1nnnc1SCC(=O)N(C1CC1)[C@H]1CCS(=O)(=O)C1. The quantitative estimate of drug-likeness (QED) is 0.670. The van der Waals surface area contributed by atoms with Gasteiger partial charge in [-0.1, -0.05) is 11.8 Å². The number of hydrogen-bond donors (Lipinski definition) is 0. The van der Waals surface area contributed by atoms with Crippen LogP contribution in [0.3, 0.4) is 0 Å². The molecule has 2 aliphatic rings. The molecule has 1 aliphatic heterocycles. The highest BCUT2D eigenvalue weighted by Crippen LogP contribution is 2.33. The van der Waals surface area contributed by atoms with Crippen LogP contribution in [0.5, 0.6) is 0 Å². The lowest BCUT2D eigenvalue weighted by atomic mass is 10.2. The van der Waals surface area contributed by atoms with Crippen molar-refractivity contribution in [3.63, 3.8) is 0 Å². The second kappa shape index (κ2) is 5.56. The van der Waals surface area contributed by atoms with Crippen molar-refractivity contribution in [1.82, 2.24) is 25.1 Å². The molecule has 0 bridgehead atoms. The number of amides is 1. The fraction of sp³-hybridized carbons (Fsp3) is 0.818. The molecule has 3 rings (SSSR count). The molecule has 1 saturated carbocycles. The van der Waals surface area contributed by atoms with Crippen LogP contribution >= 0.6 is 11.8 Å². The molecule has 0 radical (unpaired) electrons. The zero-order chi connectivity index (χ0) is 15.0. The third-order valence-corrected chi connectivity index (χ3v) is 6.48. The molecule has 1 saturated heterocycles. The van der Waals surface area contributed by atoms with Crippen LogP contribution in [0.1, 0.15) is 19.3 Å². The molecule has 0 spiro atoms. The molecule has 10 heteroatoms. The van der Waals surface area contributed by atoms with Crippen molar-refractivity contribution in [3.8, 4) is 0 Å². The summed E-state index contributed by atoms with van der Waals surface area (Å²) in [5.74, 6) is 0.508. The largest absolute Gasteiger partial charge is 0.335 e. The van der Waals surface area contributed by atoms with Crippen molar-refractivity contribution in [2.24, 2.45) is 7.05 Å². The third kappa shape index (κ3) is 3.37. The Morgan fingerprint density at radius 1 is 1.38 bits per heavy atom. The van der Waals surface area contributed by atoms with Gasteiger partial charge in [-0.05, 0) is 29.7 Å². The molecular formula is C11H17N5O3S2. The highest BCUT2D eigenvalue weighted by Gasteiger charge is 2.41. The van der Waals surface area contributed by atoms with E-state index in [9.17, 15) is 13.2 Å². The molecule has 8 nitrogen and oxygen atoms in total. The van der Waals surface area contributed by atoms with Gasteiger partial charge in [0.05, 0.1) is 17.3 Å². The second-order valence-corrected chi connectivity index (χ2v) is 8.63. The van der Waals surface area contributed by atoms with E-state index in [2.05, 4.69) is 15.5 Å². The van der Waals surface area contributed by atoms with Crippen LogP contribution in [0.15, 0.2) is 5.16 Å². The predicted octanol–water partition coefficient (Wildman–Crippen LogP) is -0.520. The molecule has 116 valence electrons. The zero-order valence-corrected chi connectivity index (χ0v) is 13.3. The van der Waals surface area contributed by atoms with Gasteiger partial charge in [-0.15, -0.1) is 5.10 Å². The Morgan fingerprint density at radius 2 is 2.14 bits per heavy atom. The van der Waals surface area contributed by atoms with E-state index in [0.29, 0.717) is 11.6 Å². The lowest BCUT2D eigenvalue weighted by Crippen LogP contribution is -2.43. The van der Waals surface area contributed by atoms with Crippen molar-refractivity contribution in [3.05, 3.63) is 0 Å². The van der Waals surface area contributed by atoms with Crippen molar-refractivity contribution in [1.29, 1.82) is 0 Å². The molecule has 1 atom stereocenters. The number of rotatable bonds is 5. The summed E-state index contributed by atoms with van der Waals surface area (Å²) in [5.41, 5.74) is 0.